The molecule has 3 rings (SSSR count). The molecule has 96 valence electrons. The molecule has 0 atom stereocenters. The predicted molar refractivity (Wildman–Crippen MR) is 67.6 cm³/mol. The van der Waals surface area contributed by atoms with Crippen molar-refractivity contribution in [1.82, 2.24) is 15.1 Å². The molecule has 6 heteroatoms. The van der Waals surface area contributed by atoms with E-state index in [9.17, 15) is 4.39 Å². The topological polar surface area (TPSA) is 75.6 Å². The van der Waals surface area contributed by atoms with Gasteiger partial charge in [0.25, 0.3) is 5.89 Å². The van der Waals surface area contributed by atoms with Crippen LogP contribution in [0.15, 0.2) is 47.2 Å². The van der Waals surface area contributed by atoms with Crippen LogP contribution in [0.25, 0.3) is 22.8 Å². The summed E-state index contributed by atoms with van der Waals surface area (Å²) < 4.78 is 18.5. The van der Waals surface area contributed by atoms with Crippen LogP contribution < -0.4 is 0 Å². The zero-order valence-electron chi connectivity index (χ0n) is 10.1. The van der Waals surface area contributed by atoms with E-state index in [1.54, 1.807) is 24.5 Å². The van der Waals surface area contributed by atoms with Gasteiger partial charge in [-0.25, -0.2) is 4.39 Å². The van der Waals surface area contributed by atoms with E-state index in [2.05, 4.69) is 15.1 Å². The van der Waals surface area contributed by atoms with E-state index in [0.717, 1.165) is 6.07 Å². The summed E-state index contributed by atoms with van der Waals surface area (Å²) in [5.41, 5.74) is 1.26. The van der Waals surface area contributed by atoms with Gasteiger partial charge in [-0.15, -0.1) is 0 Å². The van der Waals surface area contributed by atoms with Crippen molar-refractivity contribution >= 4 is 0 Å². The molecule has 0 amide bonds. The van der Waals surface area contributed by atoms with Crippen molar-refractivity contribution in [1.29, 1.82) is 5.26 Å². The van der Waals surface area contributed by atoms with Crippen LogP contribution in [-0.4, -0.2) is 15.1 Å². The van der Waals surface area contributed by atoms with E-state index in [1.807, 2.05) is 6.07 Å². The van der Waals surface area contributed by atoms with Crippen molar-refractivity contribution in [2.24, 2.45) is 0 Å². The fourth-order valence-electron chi connectivity index (χ4n) is 1.73. The lowest BCUT2D eigenvalue weighted by Crippen LogP contribution is -1.86. The lowest BCUT2D eigenvalue weighted by atomic mass is 10.1. The maximum atomic E-state index is 13.4. The zero-order chi connectivity index (χ0) is 13.9. The van der Waals surface area contributed by atoms with E-state index in [4.69, 9.17) is 9.78 Å². The van der Waals surface area contributed by atoms with Crippen LogP contribution in [0.5, 0.6) is 0 Å². The summed E-state index contributed by atoms with van der Waals surface area (Å²) in [6, 6.07) is 9.29. The van der Waals surface area contributed by atoms with Crippen LogP contribution >= 0.6 is 0 Å². The third-order valence-corrected chi connectivity index (χ3v) is 2.62. The molecule has 2 heterocycles. The van der Waals surface area contributed by atoms with E-state index in [-0.39, 0.29) is 17.3 Å². The third-order valence-electron chi connectivity index (χ3n) is 2.62. The van der Waals surface area contributed by atoms with Gasteiger partial charge in [-0.05, 0) is 30.3 Å². The summed E-state index contributed by atoms with van der Waals surface area (Å²) in [4.78, 5) is 8.13. The van der Waals surface area contributed by atoms with Crippen molar-refractivity contribution in [3.05, 3.63) is 54.1 Å². The average Bonchev–Trinajstić information content (AvgIpc) is 2.97. The fraction of sp³-hybridized carbons (Fsp3) is 0. The maximum absolute atomic E-state index is 13.4. The van der Waals surface area contributed by atoms with Gasteiger partial charge in [-0.2, -0.15) is 10.2 Å². The highest BCUT2D eigenvalue weighted by molar-refractivity contribution is 5.61. The SMILES string of the molecule is N#Cc1cc(F)cc(-c2noc(-c3cccnc3)n2)c1. The highest BCUT2D eigenvalue weighted by atomic mass is 19.1. The molecule has 2 aromatic heterocycles. The molecule has 0 aliphatic rings. The summed E-state index contributed by atoms with van der Waals surface area (Å²) in [7, 11) is 0. The Morgan fingerprint density at radius 2 is 2.10 bits per heavy atom. The summed E-state index contributed by atoms with van der Waals surface area (Å²) in [6.45, 7) is 0. The number of benzene rings is 1. The summed E-state index contributed by atoms with van der Waals surface area (Å²) in [5.74, 6) is -0.0116. The quantitative estimate of drug-likeness (QED) is 0.712. The second-order valence-electron chi connectivity index (χ2n) is 4.01. The van der Waals surface area contributed by atoms with Crippen molar-refractivity contribution < 1.29 is 8.91 Å². The first-order chi connectivity index (χ1) is 9.76. The Kier molecular flexibility index (Phi) is 2.94. The molecular formula is C14H7FN4O. The first kappa shape index (κ1) is 12.0. The summed E-state index contributed by atoms with van der Waals surface area (Å²) in [6.07, 6.45) is 3.22. The maximum Gasteiger partial charge on any atom is 0.259 e. The lowest BCUT2D eigenvalue weighted by molar-refractivity contribution is 0.432. The smallest absolute Gasteiger partial charge is 0.259 e. The van der Waals surface area contributed by atoms with E-state index >= 15 is 0 Å². The monoisotopic (exact) mass is 266 g/mol. The Bertz CT molecular complexity index is 792. The van der Waals surface area contributed by atoms with Gasteiger partial charge >= 0.3 is 0 Å². The van der Waals surface area contributed by atoms with E-state index in [1.165, 1.54) is 12.1 Å². The Balaban J connectivity index is 2.03. The van der Waals surface area contributed by atoms with Crippen LogP contribution in [0.2, 0.25) is 0 Å². The number of rotatable bonds is 2. The molecule has 0 radical (unpaired) electrons. The van der Waals surface area contributed by atoms with Crippen molar-refractivity contribution in [3.63, 3.8) is 0 Å². The molecule has 0 saturated carbocycles. The highest BCUT2D eigenvalue weighted by Crippen LogP contribution is 2.23. The van der Waals surface area contributed by atoms with Gasteiger partial charge in [0.2, 0.25) is 5.82 Å². The zero-order valence-corrected chi connectivity index (χ0v) is 10.1. The molecule has 0 bridgehead atoms. The Morgan fingerprint density at radius 1 is 1.20 bits per heavy atom. The largest absolute Gasteiger partial charge is 0.334 e. The third kappa shape index (κ3) is 2.24. The molecule has 0 saturated heterocycles. The highest BCUT2D eigenvalue weighted by Gasteiger charge is 2.12. The summed E-state index contributed by atoms with van der Waals surface area (Å²) in [5, 5.41) is 12.6. The molecule has 3 aromatic rings. The van der Waals surface area contributed by atoms with E-state index in [0.29, 0.717) is 11.1 Å². The van der Waals surface area contributed by atoms with Crippen LogP contribution in [-0.2, 0) is 0 Å². The van der Waals surface area contributed by atoms with Gasteiger partial charge < -0.3 is 4.52 Å². The van der Waals surface area contributed by atoms with Crippen molar-refractivity contribution in [2.45, 2.75) is 0 Å². The Morgan fingerprint density at radius 3 is 2.85 bits per heavy atom. The Hall–Kier alpha value is -3.07. The van der Waals surface area contributed by atoms with Crippen LogP contribution in [0.4, 0.5) is 4.39 Å². The first-order valence-electron chi connectivity index (χ1n) is 5.71. The first-order valence-corrected chi connectivity index (χ1v) is 5.71. The minimum atomic E-state index is -0.522. The minimum absolute atomic E-state index is 0.202. The molecule has 0 unspecified atom stereocenters. The van der Waals surface area contributed by atoms with Crippen LogP contribution in [0.1, 0.15) is 5.56 Å². The molecule has 1 aromatic carbocycles. The number of nitriles is 1. The van der Waals surface area contributed by atoms with Crippen molar-refractivity contribution in [2.75, 3.05) is 0 Å². The van der Waals surface area contributed by atoms with Crippen LogP contribution in [0, 0.1) is 17.1 Å². The van der Waals surface area contributed by atoms with E-state index < -0.39 is 5.82 Å². The Labute approximate surface area is 113 Å². The van der Waals surface area contributed by atoms with Gasteiger partial charge in [-0.3, -0.25) is 4.98 Å². The predicted octanol–water partition coefficient (Wildman–Crippen LogP) is 2.81. The molecule has 0 spiro atoms. The standard InChI is InChI=1S/C14H7FN4O/c15-12-5-9(7-16)4-11(6-12)13-18-14(20-19-13)10-2-1-3-17-8-10/h1-6,8H. The number of hydrogen-bond donors (Lipinski definition) is 0. The minimum Gasteiger partial charge on any atom is -0.334 e. The van der Waals surface area contributed by atoms with Gasteiger partial charge in [0.05, 0.1) is 17.2 Å². The molecule has 20 heavy (non-hydrogen) atoms. The average molecular weight is 266 g/mol. The second-order valence-corrected chi connectivity index (χ2v) is 4.01. The number of nitrogens with zero attached hydrogens (tertiary/aromatic N) is 4. The fourth-order valence-corrected chi connectivity index (χ4v) is 1.73. The molecular weight excluding hydrogens is 259 g/mol. The molecule has 0 fully saturated rings. The van der Waals surface area contributed by atoms with Crippen molar-refractivity contribution in [3.8, 4) is 28.9 Å². The number of aromatic nitrogens is 3. The lowest BCUT2D eigenvalue weighted by Gasteiger charge is -1.96. The number of pyridine rings is 1. The van der Waals surface area contributed by atoms with Gasteiger partial charge in [0.15, 0.2) is 0 Å². The molecule has 5 nitrogen and oxygen atoms in total. The van der Waals surface area contributed by atoms with Gasteiger partial charge in [0, 0.05) is 18.0 Å². The molecule has 0 N–H and O–H groups in total. The number of halogens is 1. The second kappa shape index (κ2) is 4.90. The summed E-state index contributed by atoms with van der Waals surface area (Å²) >= 11 is 0. The van der Waals surface area contributed by atoms with Gasteiger partial charge in [0.1, 0.15) is 5.82 Å². The van der Waals surface area contributed by atoms with Crippen LogP contribution in [0.3, 0.4) is 0 Å². The van der Waals surface area contributed by atoms with Gasteiger partial charge in [-0.1, -0.05) is 5.16 Å². The molecule has 0 aliphatic heterocycles. The normalized spacial score (nSPS) is 10.2. The molecule has 0 aliphatic carbocycles. The number of hydrogen-bond acceptors (Lipinski definition) is 5.